The molecule has 0 unspecified atom stereocenters. The van der Waals surface area contributed by atoms with Crippen molar-refractivity contribution in [1.82, 2.24) is 4.98 Å². The summed E-state index contributed by atoms with van der Waals surface area (Å²) in [5.74, 6) is 1.01. The number of aromatic nitrogens is 1. The molecule has 5 heteroatoms. The van der Waals surface area contributed by atoms with Gasteiger partial charge in [-0.15, -0.1) is 0 Å². The molecule has 2 N–H and O–H groups in total. The van der Waals surface area contributed by atoms with E-state index in [4.69, 9.17) is 26.8 Å². The second kappa shape index (κ2) is 5.60. The van der Waals surface area contributed by atoms with Gasteiger partial charge < -0.3 is 15.2 Å². The van der Waals surface area contributed by atoms with Gasteiger partial charge in [0, 0.05) is 6.20 Å². The van der Waals surface area contributed by atoms with Gasteiger partial charge in [0.1, 0.15) is 6.61 Å². The number of para-hydroxylation sites is 1. The topological polar surface area (TPSA) is 57.4 Å². The zero-order valence-electron chi connectivity index (χ0n) is 9.89. The Morgan fingerprint density at radius 2 is 2.11 bits per heavy atom. The molecule has 2 aromatic rings. The van der Waals surface area contributed by atoms with Crippen molar-refractivity contribution in [2.75, 3.05) is 12.8 Å². The van der Waals surface area contributed by atoms with Gasteiger partial charge in [-0.3, -0.25) is 0 Å². The molecule has 0 saturated heterocycles. The molecular formula is C13H13ClN2O2. The molecule has 1 aromatic heterocycles. The minimum Gasteiger partial charge on any atom is -0.485 e. The van der Waals surface area contributed by atoms with Gasteiger partial charge in [0.05, 0.1) is 23.4 Å². The lowest BCUT2D eigenvalue weighted by molar-refractivity contribution is 0.295. The molecule has 18 heavy (non-hydrogen) atoms. The van der Waals surface area contributed by atoms with Crippen LogP contribution in [0.1, 0.15) is 5.56 Å². The van der Waals surface area contributed by atoms with Crippen molar-refractivity contribution in [3.8, 4) is 11.6 Å². The first-order chi connectivity index (χ1) is 8.72. The van der Waals surface area contributed by atoms with E-state index in [0.29, 0.717) is 28.9 Å². The molecule has 94 valence electrons. The van der Waals surface area contributed by atoms with Crippen LogP contribution >= 0.6 is 11.6 Å². The minimum absolute atomic E-state index is 0.297. The number of nitrogens with zero attached hydrogens (tertiary/aromatic N) is 1. The first-order valence-electron chi connectivity index (χ1n) is 5.37. The van der Waals surface area contributed by atoms with E-state index in [2.05, 4.69) is 4.98 Å². The maximum atomic E-state index is 6.02. The highest BCUT2D eigenvalue weighted by atomic mass is 35.5. The maximum Gasteiger partial charge on any atom is 0.219 e. The highest BCUT2D eigenvalue weighted by Crippen LogP contribution is 2.31. The quantitative estimate of drug-likeness (QED) is 0.863. The number of ether oxygens (including phenoxy) is 2. The molecule has 0 fully saturated rings. The van der Waals surface area contributed by atoms with Crippen molar-refractivity contribution in [2.45, 2.75) is 6.61 Å². The van der Waals surface area contributed by atoms with Crippen molar-refractivity contribution in [1.29, 1.82) is 0 Å². The van der Waals surface area contributed by atoms with E-state index in [1.165, 1.54) is 0 Å². The number of nitrogens with two attached hydrogens (primary N) is 1. The summed E-state index contributed by atoms with van der Waals surface area (Å²) in [5.41, 5.74) is 7.14. The molecule has 0 aliphatic heterocycles. The number of rotatable bonds is 4. The minimum atomic E-state index is 0.297. The third-order valence-electron chi connectivity index (χ3n) is 2.41. The zero-order valence-corrected chi connectivity index (χ0v) is 10.6. The molecule has 0 radical (unpaired) electrons. The second-order valence-electron chi connectivity index (χ2n) is 3.62. The normalized spacial score (nSPS) is 10.1. The van der Waals surface area contributed by atoms with E-state index < -0.39 is 0 Å². The fraction of sp³-hybridized carbons (Fsp3) is 0.154. The van der Waals surface area contributed by atoms with E-state index in [1.54, 1.807) is 31.5 Å². The Morgan fingerprint density at radius 3 is 2.83 bits per heavy atom. The average molecular weight is 265 g/mol. The van der Waals surface area contributed by atoms with Gasteiger partial charge in [-0.1, -0.05) is 17.7 Å². The molecule has 0 amide bonds. The third-order valence-corrected chi connectivity index (χ3v) is 2.71. The number of hydrogen-bond donors (Lipinski definition) is 1. The fourth-order valence-corrected chi connectivity index (χ4v) is 1.78. The van der Waals surface area contributed by atoms with Gasteiger partial charge in [-0.05, 0) is 24.3 Å². The van der Waals surface area contributed by atoms with Gasteiger partial charge >= 0.3 is 0 Å². The number of pyridine rings is 1. The monoisotopic (exact) mass is 264 g/mol. The van der Waals surface area contributed by atoms with Crippen molar-refractivity contribution in [2.24, 2.45) is 0 Å². The van der Waals surface area contributed by atoms with Crippen LogP contribution in [-0.4, -0.2) is 12.1 Å². The first kappa shape index (κ1) is 12.5. The van der Waals surface area contributed by atoms with Crippen LogP contribution in [0.15, 0.2) is 36.5 Å². The van der Waals surface area contributed by atoms with Gasteiger partial charge in [0.15, 0.2) is 5.75 Å². The van der Waals surface area contributed by atoms with Crippen LogP contribution in [-0.2, 0) is 6.61 Å². The average Bonchev–Trinajstić information content (AvgIpc) is 2.38. The van der Waals surface area contributed by atoms with E-state index in [1.807, 2.05) is 12.1 Å². The van der Waals surface area contributed by atoms with Crippen LogP contribution in [0.3, 0.4) is 0 Å². The molecule has 0 aliphatic rings. The summed E-state index contributed by atoms with van der Waals surface area (Å²) >= 11 is 6.02. The molecule has 1 aromatic carbocycles. The lowest BCUT2D eigenvalue weighted by Gasteiger charge is -2.11. The predicted molar refractivity (Wildman–Crippen MR) is 71.0 cm³/mol. The van der Waals surface area contributed by atoms with Crippen molar-refractivity contribution >= 4 is 17.3 Å². The summed E-state index contributed by atoms with van der Waals surface area (Å²) in [6, 6.07) is 8.93. The molecule has 0 spiro atoms. The van der Waals surface area contributed by atoms with Crippen LogP contribution in [0.4, 0.5) is 5.69 Å². The van der Waals surface area contributed by atoms with Crippen molar-refractivity contribution in [3.05, 3.63) is 47.1 Å². The van der Waals surface area contributed by atoms with Crippen LogP contribution in [0, 0.1) is 0 Å². The lowest BCUT2D eigenvalue weighted by atomic mass is 10.2. The second-order valence-corrected chi connectivity index (χ2v) is 4.03. The SMILES string of the molecule is COc1ncccc1COc1c(N)cccc1Cl. The van der Waals surface area contributed by atoms with Crippen molar-refractivity contribution < 1.29 is 9.47 Å². The van der Waals surface area contributed by atoms with Crippen LogP contribution in [0.2, 0.25) is 5.02 Å². The molecule has 0 aliphatic carbocycles. The molecule has 0 bridgehead atoms. The van der Waals surface area contributed by atoms with Crippen LogP contribution in [0.25, 0.3) is 0 Å². The smallest absolute Gasteiger partial charge is 0.219 e. The molecule has 0 atom stereocenters. The van der Waals surface area contributed by atoms with Crippen LogP contribution in [0.5, 0.6) is 11.6 Å². The Balaban J connectivity index is 2.16. The Hall–Kier alpha value is -1.94. The number of halogens is 1. The lowest BCUT2D eigenvalue weighted by Crippen LogP contribution is -2.02. The molecule has 0 saturated carbocycles. The van der Waals surface area contributed by atoms with Gasteiger partial charge in [-0.25, -0.2) is 4.98 Å². The number of methoxy groups -OCH3 is 1. The maximum absolute atomic E-state index is 6.02. The van der Waals surface area contributed by atoms with E-state index in [-0.39, 0.29) is 0 Å². The Kier molecular flexibility index (Phi) is 3.89. The van der Waals surface area contributed by atoms with Gasteiger partial charge in [-0.2, -0.15) is 0 Å². The predicted octanol–water partition coefficient (Wildman–Crippen LogP) is 2.90. The molecule has 2 rings (SSSR count). The van der Waals surface area contributed by atoms with Crippen LogP contribution < -0.4 is 15.2 Å². The molecule has 4 nitrogen and oxygen atoms in total. The molecular weight excluding hydrogens is 252 g/mol. The zero-order chi connectivity index (χ0) is 13.0. The number of hydrogen-bond acceptors (Lipinski definition) is 4. The third kappa shape index (κ3) is 2.65. The fourth-order valence-electron chi connectivity index (χ4n) is 1.55. The first-order valence-corrected chi connectivity index (χ1v) is 5.75. The number of benzene rings is 1. The summed E-state index contributed by atoms with van der Waals surface area (Å²) in [4.78, 5) is 4.09. The Morgan fingerprint density at radius 1 is 1.28 bits per heavy atom. The summed E-state index contributed by atoms with van der Waals surface area (Å²) in [7, 11) is 1.57. The summed E-state index contributed by atoms with van der Waals surface area (Å²) < 4.78 is 10.8. The highest BCUT2D eigenvalue weighted by molar-refractivity contribution is 6.32. The van der Waals surface area contributed by atoms with Gasteiger partial charge in [0.2, 0.25) is 5.88 Å². The summed E-state index contributed by atoms with van der Waals surface area (Å²) in [6.07, 6.45) is 1.66. The highest BCUT2D eigenvalue weighted by Gasteiger charge is 2.08. The summed E-state index contributed by atoms with van der Waals surface area (Å²) in [5, 5.41) is 0.484. The standard InChI is InChI=1S/C13H13ClN2O2/c1-17-13-9(4-3-7-16-13)8-18-12-10(14)5-2-6-11(12)15/h2-7H,8,15H2,1H3. The molecule has 1 heterocycles. The van der Waals surface area contributed by atoms with Gasteiger partial charge in [0.25, 0.3) is 0 Å². The van der Waals surface area contributed by atoms with Crippen molar-refractivity contribution in [3.63, 3.8) is 0 Å². The Labute approximate surface area is 110 Å². The summed E-state index contributed by atoms with van der Waals surface area (Å²) in [6.45, 7) is 0.297. The van der Waals surface area contributed by atoms with E-state index in [0.717, 1.165) is 5.56 Å². The number of anilines is 1. The number of nitrogen functional groups attached to an aromatic ring is 1. The van der Waals surface area contributed by atoms with E-state index in [9.17, 15) is 0 Å². The van der Waals surface area contributed by atoms with E-state index >= 15 is 0 Å². The Bertz CT molecular complexity index is 526. The largest absolute Gasteiger partial charge is 0.485 e.